The van der Waals surface area contributed by atoms with Gasteiger partial charge in [-0.2, -0.15) is 4.73 Å². The highest BCUT2D eigenvalue weighted by Crippen LogP contribution is 2.26. The fourth-order valence-electron chi connectivity index (χ4n) is 4.12. The Balaban J connectivity index is 1.87. The van der Waals surface area contributed by atoms with E-state index in [0.29, 0.717) is 22.4 Å². The standard InChI is InChI=1S/C26H25N5O5/c1-2-21(30(16-12-22(32)33)25(34)19-10-14-29(36)15-11-19)24-28-23-20(9-6-13-27-23)26(35)31(24)17-18-7-4-3-5-8-18/h3-11,13-15,21H,2,12,16-17H2,1H3,(H,32,33). The van der Waals surface area contributed by atoms with Crippen LogP contribution in [0.1, 0.15) is 47.6 Å². The first-order valence-corrected chi connectivity index (χ1v) is 11.5. The minimum atomic E-state index is -1.07. The van der Waals surface area contributed by atoms with Gasteiger partial charge in [-0.1, -0.05) is 37.3 Å². The Kier molecular flexibility index (Phi) is 7.33. The number of hydrogen-bond acceptors (Lipinski definition) is 6. The SMILES string of the molecule is CCC(c1nc2ncccc2c(=O)n1Cc1ccccc1)N(CCC(=O)O)C(=O)c1cc[n+]([O-])cc1. The van der Waals surface area contributed by atoms with E-state index in [1.807, 2.05) is 37.3 Å². The van der Waals surface area contributed by atoms with Gasteiger partial charge in [0, 0.05) is 24.9 Å². The number of aromatic nitrogens is 4. The number of pyridine rings is 2. The number of amides is 1. The maximum absolute atomic E-state index is 13.6. The van der Waals surface area contributed by atoms with E-state index in [4.69, 9.17) is 4.98 Å². The van der Waals surface area contributed by atoms with Gasteiger partial charge in [0.05, 0.1) is 30.0 Å². The van der Waals surface area contributed by atoms with Gasteiger partial charge in [-0.15, -0.1) is 0 Å². The molecule has 3 heterocycles. The molecule has 1 amide bonds. The summed E-state index contributed by atoms with van der Waals surface area (Å²) in [5.41, 5.74) is 1.04. The lowest BCUT2D eigenvalue weighted by Crippen LogP contribution is -2.40. The normalized spacial score (nSPS) is 11.8. The van der Waals surface area contributed by atoms with Gasteiger partial charge in [-0.3, -0.25) is 19.0 Å². The first-order valence-electron chi connectivity index (χ1n) is 11.5. The molecule has 36 heavy (non-hydrogen) atoms. The molecule has 1 aromatic carbocycles. The highest BCUT2D eigenvalue weighted by atomic mass is 16.5. The summed E-state index contributed by atoms with van der Waals surface area (Å²) in [6.07, 6.45) is 4.00. The smallest absolute Gasteiger partial charge is 0.305 e. The zero-order valence-corrected chi connectivity index (χ0v) is 19.7. The van der Waals surface area contributed by atoms with E-state index in [0.717, 1.165) is 5.56 Å². The molecule has 0 aliphatic heterocycles. The van der Waals surface area contributed by atoms with E-state index in [-0.39, 0.29) is 36.3 Å². The lowest BCUT2D eigenvalue weighted by atomic mass is 10.1. The third kappa shape index (κ3) is 5.22. The van der Waals surface area contributed by atoms with Crippen molar-refractivity contribution in [3.63, 3.8) is 0 Å². The number of hydrogen-bond donors (Lipinski definition) is 1. The average Bonchev–Trinajstić information content (AvgIpc) is 2.89. The molecule has 10 heteroatoms. The molecule has 0 bridgehead atoms. The Morgan fingerprint density at radius 2 is 1.83 bits per heavy atom. The van der Waals surface area contributed by atoms with E-state index in [9.17, 15) is 24.7 Å². The number of carbonyl (C=O) groups is 2. The Morgan fingerprint density at radius 3 is 2.50 bits per heavy atom. The lowest BCUT2D eigenvalue weighted by Gasteiger charge is -2.32. The van der Waals surface area contributed by atoms with Crippen LogP contribution in [-0.2, 0) is 11.3 Å². The first kappa shape index (κ1) is 24.5. The predicted molar refractivity (Wildman–Crippen MR) is 131 cm³/mol. The number of fused-ring (bicyclic) bond motifs is 1. The number of benzene rings is 1. The topological polar surface area (TPSA) is 132 Å². The summed E-state index contributed by atoms with van der Waals surface area (Å²) in [4.78, 5) is 48.9. The molecule has 1 N–H and O–H groups in total. The van der Waals surface area contributed by atoms with E-state index >= 15 is 0 Å². The summed E-state index contributed by atoms with van der Waals surface area (Å²) >= 11 is 0. The highest BCUT2D eigenvalue weighted by Gasteiger charge is 2.30. The summed E-state index contributed by atoms with van der Waals surface area (Å²) < 4.78 is 2.08. The van der Waals surface area contributed by atoms with Gasteiger partial charge in [-0.05, 0) is 24.1 Å². The summed E-state index contributed by atoms with van der Waals surface area (Å²) in [5.74, 6) is -1.22. The highest BCUT2D eigenvalue weighted by molar-refractivity contribution is 5.94. The predicted octanol–water partition coefficient (Wildman–Crippen LogP) is 2.54. The lowest BCUT2D eigenvalue weighted by molar-refractivity contribution is -0.605. The minimum absolute atomic E-state index is 0.111. The number of carbonyl (C=O) groups excluding carboxylic acids is 1. The number of carboxylic acid groups (broad SMARTS) is 1. The molecular weight excluding hydrogens is 462 g/mol. The zero-order valence-electron chi connectivity index (χ0n) is 19.7. The Bertz CT molecular complexity index is 1440. The summed E-state index contributed by atoms with van der Waals surface area (Å²) in [6, 6.07) is 14.7. The summed E-state index contributed by atoms with van der Waals surface area (Å²) in [5, 5.41) is 21.2. The van der Waals surface area contributed by atoms with E-state index in [1.165, 1.54) is 40.2 Å². The van der Waals surface area contributed by atoms with Gasteiger partial charge in [-0.25, -0.2) is 9.97 Å². The van der Waals surface area contributed by atoms with Crippen LogP contribution in [-0.4, -0.2) is 43.0 Å². The van der Waals surface area contributed by atoms with Crippen molar-refractivity contribution in [2.75, 3.05) is 6.54 Å². The summed E-state index contributed by atoms with van der Waals surface area (Å²) in [7, 11) is 0. The molecule has 0 saturated heterocycles. The quantitative estimate of drug-likeness (QED) is 0.283. The Hall–Kier alpha value is -4.60. The number of nitrogens with zero attached hydrogens (tertiary/aromatic N) is 5. The molecular formula is C26H25N5O5. The van der Waals surface area contributed by atoms with Crippen LogP contribution in [0.25, 0.3) is 11.0 Å². The second kappa shape index (κ2) is 10.8. The van der Waals surface area contributed by atoms with Crippen molar-refractivity contribution in [2.24, 2.45) is 0 Å². The molecule has 0 aliphatic rings. The van der Waals surface area contributed by atoms with Gasteiger partial charge in [0.25, 0.3) is 11.5 Å². The van der Waals surface area contributed by atoms with Crippen molar-refractivity contribution >= 4 is 22.9 Å². The fraction of sp³-hybridized carbons (Fsp3) is 0.231. The van der Waals surface area contributed by atoms with Crippen LogP contribution in [0, 0.1) is 5.21 Å². The van der Waals surface area contributed by atoms with Crippen LogP contribution in [0.15, 0.2) is 78.0 Å². The fourth-order valence-corrected chi connectivity index (χ4v) is 4.12. The molecule has 0 fully saturated rings. The van der Waals surface area contributed by atoms with Gasteiger partial charge in [0.15, 0.2) is 18.0 Å². The van der Waals surface area contributed by atoms with Crippen molar-refractivity contribution in [2.45, 2.75) is 32.4 Å². The molecule has 3 aromatic heterocycles. The maximum atomic E-state index is 13.6. The number of aliphatic carboxylic acids is 1. The van der Waals surface area contributed by atoms with Crippen molar-refractivity contribution in [3.8, 4) is 0 Å². The average molecular weight is 488 g/mol. The van der Waals surface area contributed by atoms with Crippen LogP contribution >= 0.6 is 0 Å². The van der Waals surface area contributed by atoms with Crippen LogP contribution in [0.3, 0.4) is 0 Å². The van der Waals surface area contributed by atoms with Gasteiger partial charge < -0.3 is 15.2 Å². The van der Waals surface area contributed by atoms with Crippen LogP contribution in [0.2, 0.25) is 0 Å². The molecule has 10 nitrogen and oxygen atoms in total. The van der Waals surface area contributed by atoms with Gasteiger partial charge in [0.2, 0.25) is 0 Å². The third-order valence-electron chi connectivity index (χ3n) is 5.88. The second-order valence-electron chi connectivity index (χ2n) is 8.23. The minimum Gasteiger partial charge on any atom is -0.619 e. The third-order valence-corrected chi connectivity index (χ3v) is 5.88. The summed E-state index contributed by atoms with van der Waals surface area (Å²) in [6.45, 7) is 1.94. The van der Waals surface area contributed by atoms with Crippen LogP contribution in [0.4, 0.5) is 0 Å². The second-order valence-corrected chi connectivity index (χ2v) is 8.23. The van der Waals surface area contributed by atoms with E-state index in [1.54, 1.807) is 12.1 Å². The first-order chi connectivity index (χ1) is 17.4. The van der Waals surface area contributed by atoms with Crippen molar-refractivity contribution in [3.05, 3.63) is 106 Å². The largest absolute Gasteiger partial charge is 0.619 e. The molecule has 1 unspecified atom stereocenters. The van der Waals surface area contributed by atoms with Gasteiger partial charge >= 0.3 is 5.97 Å². The maximum Gasteiger partial charge on any atom is 0.305 e. The monoisotopic (exact) mass is 487 g/mol. The number of carboxylic acids is 1. The van der Waals surface area contributed by atoms with Crippen LogP contribution < -0.4 is 10.3 Å². The molecule has 4 rings (SSSR count). The van der Waals surface area contributed by atoms with Crippen molar-refractivity contribution in [1.29, 1.82) is 0 Å². The van der Waals surface area contributed by atoms with E-state index in [2.05, 4.69) is 4.98 Å². The van der Waals surface area contributed by atoms with E-state index < -0.39 is 17.9 Å². The van der Waals surface area contributed by atoms with Crippen molar-refractivity contribution in [1.82, 2.24) is 19.4 Å². The molecule has 0 spiro atoms. The molecule has 0 saturated carbocycles. The van der Waals surface area contributed by atoms with Crippen LogP contribution in [0.5, 0.6) is 0 Å². The molecule has 0 aliphatic carbocycles. The Morgan fingerprint density at radius 1 is 1.11 bits per heavy atom. The molecule has 4 aromatic rings. The molecule has 0 radical (unpaired) electrons. The zero-order chi connectivity index (χ0) is 25.7. The van der Waals surface area contributed by atoms with Crippen molar-refractivity contribution < 1.29 is 19.4 Å². The molecule has 1 atom stereocenters. The Labute approximate surface area is 206 Å². The van der Waals surface area contributed by atoms with Gasteiger partial charge in [0.1, 0.15) is 5.82 Å². The number of rotatable bonds is 9. The molecule has 184 valence electrons.